The van der Waals surface area contributed by atoms with Crippen LogP contribution in [0.4, 0.5) is 4.79 Å². The topological polar surface area (TPSA) is 43.2 Å². The number of amides is 1. The largest absolute Gasteiger partial charge is 0.415 e. The van der Waals surface area contributed by atoms with Crippen LogP contribution in [0.5, 0.6) is 5.75 Å². The molecule has 5 nitrogen and oxygen atoms in total. The van der Waals surface area contributed by atoms with E-state index in [0.29, 0.717) is 18.8 Å². The summed E-state index contributed by atoms with van der Waals surface area (Å²) in [6.07, 6.45) is 0.635. The Kier molecular flexibility index (Phi) is 6.95. The van der Waals surface area contributed by atoms with Crippen LogP contribution in [0.2, 0.25) is 0 Å². The lowest BCUT2D eigenvalue weighted by atomic mass is 10.0. The predicted octanol–water partition coefficient (Wildman–Crippen LogP) is 3.15. The van der Waals surface area contributed by atoms with Gasteiger partial charge >= 0.3 is 6.09 Å². The second-order valence-electron chi connectivity index (χ2n) is 7.71. The summed E-state index contributed by atoms with van der Waals surface area (Å²) in [6.45, 7) is 5.96. The number of para-hydroxylation sites is 1. The number of hydrogen-bond acceptors (Lipinski definition) is 3. The van der Waals surface area contributed by atoms with Crippen molar-refractivity contribution in [3.63, 3.8) is 0 Å². The van der Waals surface area contributed by atoms with Gasteiger partial charge in [0.1, 0.15) is 18.8 Å². The Morgan fingerprint density at radius 1 is 0.933 bits per heavy atom. The first-order valence-corrected chi connectivity index (χ1v) is 10.7. The summed E-state index contributed by atoms with van der Waals surface area (Å²) >= 11 is 0. The van der Waals surface area contributed by atoms with Crippen molar-refractivity contribution < 1.29 is 19.2 Å². The number of ether oxygens (including phenoxy) is 2. The Morgan fingerprint density at radius 2 is 1.67 bits per heavy atom. The van der Waals surface area contributed by atoms with Crippen LogP contribution in [-0.2, 0) is 11.3 Å². The van der Waals surface area contributed by atoms with Crippen LogP contribution in [0, 0.1) is 0 Å². The summed E-state index contributed by atoms with van der Waals surface area (Å²) < 4.78 is 11.1. The zero-order valence-electron chi connectivity index (χ0n) is 17.3. The van der Waals surface area contributed by atoms with Gasteiger partial charge in [0.25, 0.3) is 0 Å². The number of carbonyl (C=O) groups is 1. The molecule has 30 heavy (non-hydrogen) atoms. The average molecular weight is 406 g/mol. The first-order chi connectivity index (χ1) is 14.8. The molecule has 1 heterocycles. The molecule has 0 atom stereocenters. The Bertz CT molecular complexity index is 950. The zero-order valence-corrected chi connectivity index (χ0v) is 17.3. The molecule has 0 radical (unpaired) electrons. The maximum Gasteiger partial charge on any atom is 0.415 e. The second-order valence-corrected chi connectivity index (χ2v) is 7.71. The summed E-state index contributed by atoms with van der Waals surface area (Å²) in [5, 5.41) is 2.36. The van der Waals surface area contributed by atoms with Gasteiger partial charge in [-0.2, -0.15) is 0 Å². The van der Waals surface area contributed by atoms with Gasteiger partial charge in [-0.1, -0.05) is 60.7 Å². The number of nitrogens with zero attached hydrogens (tertiary/aromatic N) is 1. The fourth-order valence-corrected chi connectivity index (χ4v) is 3.95. The highest BCUT2D eigenvalue weighted by atomic mass is 16.6. The third-order valence-electron chi connectivity index (χ3n) is 5.61. The Hall–Kier alpha value is -2.89. The van der Waals surface area contributed by atoms with Crippen molar-refractivity contribution >= 4 is 16.9 Å². The van der Waals surface area contributed by atoms with E-state index in [9.17, 15) is 4.79 Å². The maximum atomic E-state index is 13.0. The van der Waals surface area contributed by atoms with E-state index in [1.54, 1.807) is 4.90 Å². The van der Waals surface area contributed by atoms with Crippen LogP contribution in [-0.4, -0.2) is 50.4 Å². The lowest BCUT2D eigenvalue weighted by Crippen LogP contribution is -3.14. The molecule has 1 fully saturated rings. The van der Waals surface area contributed by atoms with E-state index in [1.807, 2.05) is 47.4 Å². The smallest absolute Gasteiger partial charge is 0.410 e. The molecule has 0 unspecified atom stereocenters. The lowest BCUT2D eigenvalue weighted by Gasteiger charge is -2.26. The Morgan fingerprint density at radius 3 is 2.50 bits per heavy atom. The minimum Gasteiger partial charge on any atom is -0.410 e. The van der Waals surface area contributed by atoms with Crippen LogP contribution < -0.4 is 9.64 Å². The number of nitrogens with one attached hydrogen (secondary N) is 1. The van der Waals surface area contributed by atoms with Gasteiger partial charge in [0.05, 0.1) is 19.8 Å². The average Bonchev–Trinajstić information content (AvgIpc) is 2.80. The molecular weight excluding hydrogens is 376 g/mol. The summed E-state index contributed by atoms with van der Waals surface area (Å²) in [5.41, 5.74) is 1.14. The van der Waals surface area contributed by atoms with Gasteiger partial charge in [-0.05, 0) is 28.5 Å². The van der Waals surface area contributed by atoms with Gasteiger partial charge in [-0.15, -0.1) is 0 Å². The standard InChI is InChI=1S/C25H28N2O3/c28-25(30-23-11-2-1-3-12-23)27(15-7-14-26-16-18-29-19-17-26)20-22-10-6-9-21-8-4-5-13-24(21)22/h1-6,8-13H,7,14-20H2/p+1. The quantitative estimate of drug-likeness (QED) is 0.657. The van der Waals surface area contributed by atoms with Crippen LogP contribution in [0.3, 0.4) is 0 Å². The predicted molar refractivity (Wildman–Crippen MR) is 118 cm³/mol. The highest BCUT2D eigenvalue weighted by Crippen LogP contribution is 2.21. The molecule has 1 saturated heterocycles. The Balaban J connectivity index is 1.47. The molecule has 1 amide bonds. The van der Waals surface area contributed by atoms with E-state index in [1.165, 1.54) is 10.8 Å². The third-order valence-corrected chi connectivity index (χ3v) is 5.61. The third kappa shape index (κ3) is 5.38. The number of rotatable bonds is 7. The molecule has 0 spiro atoms. The van der Waals surface area contributed by atoms with Gasteiger partial charge in [0.15, 0.2) is 0 Å². The molecule has 1 aliphatic rings. The number of benzene rings is 3. The number of carbonyl (C=O) groups excluding carboxylic acids is 1. The van der Waals surface area contributed by atoms with Crippen LogP contribution >= 0.6 is 0 Å². The lowest BCUT2D eigenvalue weighted by molar-refractivity contribution is -0.908. The molecule has 5 heteroatoms. The molecule has 4 rings (SSSR count). The maximum absolute atomic E-state index is 13.0. The summed E-state index contributed by atoms with van der Waals surface area (Å²) in [4.78, 5) is 16.4. The summed E-state index contributed by atoms with van der Waals surface area (Å²) in [6, 6.07) is 23.8. The van der Waals surface area contributed by atoms with E-state index in [-0.39, 0.29) is 6.09 Å². The first-order valence-electron chi connectivity index (χ1n) is 10.7. The zero-order chi connectivity index (χ0) is 20.6. The van der Waals surface area contributed by atoms with E-state index < -0.39 is 0 Å². The Labute approximate surface area is 177 Å². The molecule has 3 aromatic rings. The van der Waals surface area contributed by atoms with Crippen LogP contribution in [0.1, 0.15) is 12.0 Å². The molecule has 0 aliphatic carbocycles. The van der Waals surface area contributed by atoms with Crippen molar-refractivity contribution in [3.05, 3.63) is 78.4 Å². The van der Waals surface area contributed by atoms with Crippen LogP contribution in [0.25, 0.3) is 10.8 Å². The normalized spacial score (nSPS) is 14.5. The first kappa shape index (κ1) is 20.4. The molecule has 0 bridgehead atoms. The summed E-state index contributed by atoms with van der Waals surface area (Å²) in [7, 11) is 0. The van der Waals surface area contributed by atoms with Gasteiger partial charge in [0, 0.05) is 19.5 Å². The van der Waals surface area contributed by atoms with Gasteiger partial charge in [-0.25, -0.2) is 4.79 Å². The fraction of sp³-hybridized carbons (Fsp3) is 0.320. The van der Waals surface area contributed by atoms with Gasteiger partial charge in [-0.3, -0.25) is 0 Å². The van der Waals surface area contributed by atoms with Crippen molar-refractivity contribution in [1.82, 2.24) is 4.90 Å². The second kappa shape index (κ2) is 10.2. The minimum atomic E-state index is -0.300. The number of quaternary nitrogens is 1. The van der Waals surface area contributed by atoms with Crippen molar-refractivity contribution in [2.45, 2.75) is 13.0 Å². The van der Waals surface area contributed by atoms with Crippen molar-refractivity contribution in [1.29, 1.82) is 0 Å². The molecule has 0 saturated carbocycles. The summed E-state index contributed by atoms with van der Waals surface area (Å²) in [5.74, 6) is 0.573. The fourth-order valence-electron chi connectivity index (χ4n) is 3.95. The van der Waals surface area contributed by atoms with Gasteiger partial charge in [0.2, 0.25) is 0 Å². The number of hydrogen-bond donors (Lipinski definition) is 1. The van der Waals surface area contributed by atoms with E-state index in [2.05, 4.69) is 30.3 Å². The number of morpholine rings is 1. The van der Waals surface area contributed by atoms with Crippen molar-refractivity contribution in [2.24, 2.45) is 0 Å². The molecular formula is C25H29N2O3+. The SMILES string of the molecule is O=C(Oc1ccccc1)N(CCC[NH+]1CCOCC1)Cc1cccc2ccccc12. The highest BCUT2D eigenvalue weighted by molar-refractivity contribution is 5.86. The monoisotopic (exact) mass is 405 g/mol. The highest BCUT2D eigenvalue weighted by Gasteiger charge is 2.19. The van der Waals surface area contributed by atoms with Crippen molar-refractivity contribution in [2.75, 3.05) is 39.4 Å². The number of fused-ring (bicyclic) bond motifs is 1. The van der Waals surface area contributed by atoms with Crippen LogP contribution in [0.15, 0.2) is 72.8 Å². The molecule has 156 valence electrons. The molecule has 1 N–H and O–H groups in total. The van der Waals surface area contributed by atoms with Crippen molar-refractivity contribution in [3.8, 4) is 5.75 Å². The molecule has 1 aliphatic heterocycles. The molecule has 0 aromatic heterocycles. The van der Waals surface area contributed by atoms with Gasteiger partial charge < -0.3 is 19.3 Å². The van der Waals surface area contributed by atoms with E-state index in [4.69, 9.17) is 9.47 Å². The minimum absolute atomic E-state index is 0.300. The molecule has 3 aromatic carbocycles. The van der Waals surface area contributed by atoms with E-state index >= 15 is 0 Å². The van der Waals surface area contributed by atoms with E-state index in [0.717, 1.165) is 44.8 Å².